The van der Waals surface area contributed by atoms with E-state index in [4.69, 9.17) is 9.84 Å². The maximum atomic E-state index is 11.7. The summed E-state index contributed by atoms with van der Waals surface area (Å²) in [5.74, 6) is 0.0890. The molecule has 0 unspecified atom stereocenters. The summed E-state index contributed by atoms with van der Waals surface area (Å²) in [4.78, 5) is 22.1. The molecule has 1 aromatic carbocycles. The maximum absolute atomic E-state index is 11.7. The van der Waals surface area contributed by atoms with Crippen molar-refractivity contribution in [3.63, 3.8) is 0 Å². The summed E-state index contributed by atoms with van der Waals surface area (Å²) >= 11 is 0. The van der Waals surface area contributed by atoms with Gasteiger partial charge >= 0.3 is 12.2 Å². The lowest BCUT2D eigenvalue weighted by Crippen LogP contribution is -2.46. The van der Waals surface area contributed by atoms with Gasteiger partial charge in [0, 0.05) is 6.54 Å². The van der Waals surface area contributed by atoms with Crippen molar-refractivity contribution in [1.29, 1.82) is 0 Å². The van der Waals surface area contributed by atoms with E-state index in [-0.39, 0.29) is 25.1 Å². The molecule has 0 saturated heterocycles. The fourth-order valence-corrected chi connectivity index (χ4v) is 1.57. The van der Waals surface area contributed by atoms with Gasteiger partial charge in [-0.1, -0.05) is 44.2 Å². The van der Waals surface area contributed by atoms with E-state index in [1.54, 1.807) is 0 Å². The molecule has 20 heavy (non-hydrogen) atoms. The van der Waals surface area contributed by atoms with Gasteiger partial charge in [-0.15, -0.1) is 0 Å². The number of hydrogen-bond donors (Lipinski definition) is 3. The van der Waals surface area contributed by atoms with E-state index >= 15 is 0 Å². The second-order valence-corrected chi connectivity index (χ2v) is 4.74. The van der Waals surface area contributed by atoms with Gasteiger partial charge in [-0.2, -0.15) is 0 Å². The van der Waals surface area contributed by atoms with E-state index in [0.29, 0.717) is 0 Å². The molecule has 0 aliphatic carbocycles. The smallest absolute Gasteiger partial charge is 0.407 e. The Hall–Kier alpha value is -2.24. The summed E-state index contributed by atoms with van der Waals surface area (Å²) in [5.41, 5.74) is 0.896. The highest BCUT2D eigenvalue weighted by molar-refractivity contribution is 5.68. The van der Waals surface area contributed by atoms with Gasteiger partial charge in [-0.3, -0.25) is 0 Å². The molecule has 0 saturated carbocycles. The number of carbonyl (C=O) groups excluding carboxylic acids is 1. The third kappa shape index (κ3) is 6.08. The zero-order valence-corrected chi connectivity index (χ0v) is 11.6. The first-order valence-corrected chi connectivity index (χ1v) is 6.43. The Morgan fingerprint density at radius 1 is 1.25 bits per heavy atom. The summed E-state index contributed by atoms with van der Waals surface area (Å²) < 4.78 is 5.09. The Balaban J connectivity index is 2.39. The van der Waals surface area contributed by atoms with Gasteiger partial charge in [0.25, 0.3) is 0 Å². The van der Waals surface area contributed by atoms with Crippen LogP contribution in [-0.4, -0.2) is 29.9 Å². The molecule has 0 spiro atoms. The molecule has 6 heteroatoms. The minimum Gasteiger partial charge on any atom is -0.465 e. The van der Waals surface area contributed by atoms with Crippen LogP contribution >= 0.6 is 0 Å². The first-order chi connectivity index (χ1) is 9.49. The van der Waals surface area contributed by atoms with E-state index in [2.05, 4.69) is 10.6 Å². The number of hydrogen-bond acceptors (Lipinski definition) is 3. The second-order valence-electron chi connectivity index (χ2n) is 4.74. The van der Waals surface area contributed by atoms with Gasteiger partial charge < -0.3 is 20.5 Å². The molecule has 0 fully saturated rings. The van der Waals surface area contributed by atoms with Gasteiger partial charge in [-0.25, -0.2) is 9.59 Å². The third-order valence-electron chi connectivity index (χ3n) is 2.79. The number of alkyl carbamates (subject to hydrolysis) is 1. The van der Waals surface area contributed by atoms with Crippen LogP contribution in [-0.2, 0) is 11.3 Å². The summed E-state index contributed by atoms with van der Waals surface area (Å²) in [5, 5.41) is 13.5. The normalized spacial score (nSPS) is 11.8. The molecule has 2 amide bonds. The molecular formula is C14H20N2O4. The van der Waals surface area contributed by atoms with Gasteiger partial charge in [0.2, 0.25) is 0 Å². The predicted molar refractivity (Wildman–Crippen MR) is 74.4 cm³/mol. The second kappa shape index (κ2) is 8.04. The zero-order chi connectivity index (χ0) is 15.0. The SMILES string of the molecule is CC(C)[C@H](CNC(=O)O)NC(=O)OCc1ccccc1. The van der Waals surface area contributed by atoms with Crippen LogP contribution in [0.5, 0.6) is 0 Å². The summed E-state index contributed by atoms with van der Waals surface area (Å²) in [7, 11) is 0. The average Bonchev–Trinajstić information content (AvgIpc) is 2.41. The topological polar surface area (TPSA) is 87.7 Å². The fraction of sp³-hybridized carbons (Fsp3) is 0.429. The molecule has 1 aromatic rings. The van der Waals surface area contributed by atoms with Crippen molar-refractivity contribution in [3.05, 3.63) is 35.9 Å². The molecule has 0 bridgehead atoms. The minimum atomic E-state index is -1.12. The van der Waals surface area contributed by atoms with Crippen molar-refractivity contribution in [3.8, 4) is 0 Å². The van der Waals surface area contributed by atoms with Crippen molar-refractivity contribution in [1.82, 2.24) is 10.6 Å². The lowest BCUT2D eigenvalue weighted by Gasteiger charge is -2.21. The molecule has 0 aliphatic heterocycles. The van der Waals surface area contributed by atoms with Gasteiger partial charge in [0.05, 0.1) is 6.04 Å². The first kappa shape index (κ1) is 15.8. The van der Waals surface area contributed by atoms with Crippen molar-refractivity contribution >= 4 is 12.2 Å². The quantitative estimate of drug-likeness (QED) is 0.745. The molecule has 0 radical (unpaired) electrons. The summed E-state index contributed by atoms with van der Waals surface area (Å²) in [6.45, 7) is 4.12. The van der Waals surface area contributed by atoms with Crippen LogP contribution in [0.25, 0.3) is 0 Å². The average molecular weight is 280 g/mol. The van der Waals surface area contributed by atoms with E-state index < -0.39 is 12.2 Å². The maximum Gasteiger partial charge on any atom is 0.407 e. The van der Waals surface area contributed by atoms with Crippen molar-refractivity contribution < 1.29 is 19.4 Å². The standard InChI is InChI=1S/C14H20N2O4/c1-10(2)12(8-15-13(17)18)16-14(19)20-9-11-6-4-3-5-7-11/h3-7,10,12,15H,8-9H2,1-2H3,(H,16,19)(H,17,18)/t12-/m0/s1. The number of ether oxygens (including phenoxy) is 1. The highest BCUT2D eigenvalue weighted by Crippen LogP contribution is 2.03. The Kier molecular flexibility index (Phi) is 6.36. The molecule has 3 N–H and O–H groups in total. The Bertz CT molecular complexity index is 434. The van der Waals surface area contributed by atoms with Gasteiger partial charge in [-0.05, 0) is 11.5 Å². The monoisotopic (exact) mass is 280 g/mol. The van der Waals surface area contributed by atoms with Crippen molar-refractivity contribution in [2.45, 2.75) is 26.5 Å². The van der Waals surface area contributed by atoms with Crippen LogP contribution in [0.1, 0.15) is 19.4 Å². The predicted octanol–water partition coefficient (Wildman–Crippen LogP) is 2.21. The lowest BCUT2D eigenvalue weighted by molar-refractivity contribution is 0.132. The summed E-state index contributed by atoms with van der Waals surface area (Å²) in [6.07, 6.45) is -1.67. The van der Waals surface area contributed by atoms with E-state index in [1.165, 1.54) is 0 Å². The molecule has 0 aliphatic rings. The molecule has 6 nitrogen and oxygen atoms in total. The van der Waals surface area contributed by atoms with Crippen molar-refractivity contribution in [2.75, 3.05) is 6.54 Å². The minimum absolute atomic E-state index is 0.0890. The molecule has 1 atom stereocenters. The number of carbonyl (C=O) groups is 2. The van der Waals surface area contributed by atoms with Crippen LogP contribution < -0.4 is 10.6 Å². The van der Waals surface area contributed by atoms with Gasteiger partial charge in [0.15, 0.2) is 0 Å². The van der Waals surface area contributed by atoms with Crippen LogP contribution in [0.4, 0.5) is 9.59 Å². The largest absolute Gasteiger partial charge is 0.465 e. The lowest BCUT2D eigenvalue weighted by atomic mass is 10.1. The van der Waals surface area contributed by atoms with Gasteiger partial charge in [0.1, 0.15) is 6.61 Å². The highest BCUT2D eigenvalue weighted by Gasteiger charge is 2.17. The zero-order valence-electron chi connectivity index (χ0n) is 11.6. The summed E-state index contributed by atoms with van der Waals surface area (Å²) in [6, 6.07) is 9.03. The van der Waals surface area contributed by atoms with E-state index in [9.17, 15) is 9.59 Å². The van der Waals surface area contributed by atoms with Crippen LogP contribution in [0, 0.1) is 5.92 Å². The first-order valence-electron chi connectivity index (χ1n) is 6.43. The molecule has 110 valence electrons. The fourth-order valence-electron chi connectivity index (χ4n) is 1.57. The molecule has 0 aromatic heterocycles. The number of carboxylic acid groups (broad SMARTS) is 1. The van der Waals surface area contributed by atoms with Crippen molar-refractivity contribution in [2.24, 2.45) is 5.92 Å². The Morgan fingerprint density at radius 3 is 2.45 bits per heavy atom. The Labute approximate surface area is 118 Å². The van der Waals surface area contributed by atoms with E-state index in [0.717, 1.165) is 5.56 Å². The van der Waals surface area contributed by atoms with Crippen LogP contribution in [0.15, 0.2) is 30.3 Å². The highest BCUT2D eigenvalue weighted by atomic mass is 16.5. The number of rotatable bonds is 6. The number of nitrogens with one attached hydrogen (secondary N) is 2. The molecule has 1 rings (SSSR count). The number of amides is 2. The van der Waals surface area contributed by atoms with Crippen LogP contribution in [0.3, 0.4) is 0 Å². The number of benzene rings is 1. The Morgan fingerprint density at radius 2 is 1.90 bits per heavy atom. The third-order valence-corrected chi connectivity index (χ3v) is 2.79. The van der Waals surface area contributed by atoms with Crippen LogP contribution in [0.2, 0.25) is 0 Å². The van der Waals surface area contributed by atoms with E-state index in [1.807, 2.05) is 44.2 Å². The molecular weight excluding hydrogens is 260 g/mol. The molecule has 0 heterocycles.